The second-order valence-electron chi connectivity index (χ2n) is 2.17. The standard InChI is InChI=1S/C7H14O3/c1-4-5-6(2)10-7(8)9-3/h6H,4-5H2,1-3H3. The van der Waals surface area contributed by atoms with Crippen molar-refractivity contribution in [3.8, 4) is 0 Å². The van der Waals surface area contributed by atoms with E-state index >= 15 is 0 Å². The van der Waals surface area contributed by atoms with Crippen LogP contribution in [0.5, 0.6) is 0 Å². The van der Waals surface area contributed by atoms with Gasteiger partial charge in [0.15, 0.2) is 0 Å². The quantitative estimate of drug-likeness (QED) is 0.571. The molecule has 0 spiro atoms. The van der Waals surface area contributed by atoms with Gasteiger partial charge in [-0.2, -0.15) is 0 Å². The van der Waals surface area contributed by atoms with Gasteiger partial charge in [0.2, 0.25) is 0 Å². The van der Waals surface area contributed by atoms with Crippen LogP contribution >= 0.6 is 0 Å². The predicted molar refractivity (Wildman–Crippen MR) is 37.9 cm³/mol. The Balaban J connectivity index is 3.37. The zero-order valence-electron chi connectivity index (χ0n) is 6.72. The minimum atomic E-state index is -0.596. The number of carbonyl (C=O) groups excluding carboxylic acids is 1. The lowest BCUT2D eigenvalue weighted by atomic mass is 10.2. The third-order valence-corrected chi connectivity index (χ3v) is 1.16. The van der Waals surface area contributed by atoms with Gasteiger partial charge in [-0.05, 0) is 13.3 Å². The molecule has 0 bridgehead atoms. The van der Waals surface area contributed by atoms with Crippen LogP contribution in [0, 0.1) is 0 Å². The van der Waals surface area contributed by atoms with Gasteiger partial charge < -0.3 is 9.47 Å². The second-order valence-corrected chi connectivity index (χ2v) is 2.17. The zero-order chi connectivity index (χ0) is 7.98. The molecule has 0 saturated carbocycles. The predicted octanol–water partition coefficient (Wildman–Crippen LogP) is 1.96. The summed E-state index contributed by atoms with van der Waals surface area (Å²) in [6, 6.07) is 0. The van der Waals surface area contributed by atoms with Gasteiger partial charge in [0.05, 0.1) is 7.11 Å². The van der Waals surface area contributed by atoms with Crippen LogP contribution in [0.4, 0.5) is 4.79 Å². The van der Waals surface area contributed by atoms with Crippen LogP contribution in [0.25, 0.3) is 0 Å². The Bertz CT molecular complexity index is 101. The van der Waals surface area contributed by atoms with Crippen LogP contribution in [0.1, 0.15) is 26.7 Å². The summed E-state index contributed by atoms with van der Waals surface area (Å²) in [5.74, 6) is 0. The van der Waals surface area contributed by atoms with E-state index in [1.807, 2.05) is 13.8 Å². The van der Waals surface area contributed by atoms with E-state index in [1.54, 1.807) is 0 Å². The number of ether oxygens (including phenoxy) is 2. The van der Waals surface area contributed by atoms with Crippen molar-refractivity contribution in [1.82, 2.24) is 0 Å². The van der Waals surface area contributed by atoms with E-state index in [-0.39, 0.29) is 6.10 Å². The van der Waals surface area contributed by atoms with Crippen molar-refractivity contribution in [1.29, 1.82) is 0 Å². The maximum Gasteiger partial charge on any atom is 0.508 e. The van der Waals surface area contributed by atoms with Gasteiger partial charge in [0.25, 0.3) is 0 Å². The van der Waals surface area contributed by atoms with Crippen molar-refractivity contribution in [2.45, 2.75) is 32.8 Å². The van der Waals surface area contributed by atoms with Crippen molar-refractivity contribution in [3.05, 3.63) is 0 Å². The molecule has 0 amide bonds. The fraction of sp³-hybridized carbons (Fsp3) is 0.857. The average Bonchev–Trinajstić information content (AvgIpc) is 1.88. The molecule has 10 heavy (non-hydrogen) atoms. The minimum absolute atomic E-state index is 0.0301. The Morgan fingerprint density at radius 3 is 2.60 bits per heavy atom. The largest absolute Gasteiger partial charge is 0.508 e. The molecule has 0 aromatic rings. The monoisotopic (exact) mass is 146 g/mol. The fourth-order valence-corrected chi connectivity index (χ4v) is 0.678. The van der Waals surface area contributed by atoms with Gasteiger partial charge >= 0.3 is 6.16 Å². The summed E-state index contributed by atoms with van der Waals surface area (Å²) in [4.78, 5) is 10.5. The molecule has 0 aromatic carbocycles. The van der Waals surface area contributed by atoms with E-state index in [0.29, 0.717) is 0 Å². The van der Waals surface area contributed by atoms with E-state index in [2.05, 4.69) is 4.74 Å². The van der Waals surface area contributed by atoms with E-state index < -0.39 is 6.16 Å². The van der Waals surface area contributed by atoms with Crippen molar-refractivity contribution in [3.63, 3.8) is 0 Å². The first-order valence-corrected chi connectivity index (χ1v) is 3.45. The van der Waals surface area contributed by atoms with Crippen LogP contribution in [-0.4, -0.2) is 19.4 Å². The van der Waals surface area contributed by atoms with E-state index in [0.717, 1.165) is 12.8 Å². The van der Waals surface area contributed by atoms with Crippen molar-refractivity contribution in [2.24, 2.45) is 0 Å². The van der Waals surface area contributed by atoms with Crippen LogP contribution < -0.4 is 0 Å². The topological polar surface area (TPSA) is 35.5 Å². The Morgan fingerprint density at radius 1 is 1.60 bits per heavy atom. The van der Waals surface area contributed by atoms with Crippen molar-refractivity contribution in [2.75, 3.05) is 7.11 Å². The smallest absolute Gasteiger partial charge is 0.438 e. The summed E-state index contributed by atoms with van der Waals surface area (Å²) in [6.07, 6.45) is 1.27. The molecule has 60 valence electrons. The summed E-state index contributed by atoms with van der Waals surface area (Å²) in [5, 5.41) is 0. The summed E-state index contributed by atoms with van der Waals surface area (Å²) >= 11 is 0. The number of rotatable bonds is 3. The first-order chi connectivity index (χ1) is 4.70. The lowest BCUT2D eigenvalue weighted by Crippen LogP contribution is -2.14. The highest BCUT2D eigenvalue weighted by Crippen LogP contribution is 2.01. The molecule has 0 rings (SSSR count). The third-order valence-electron chi connectivity index (χ3n) is 1.16. The summed E-state index contributed by atoms with van der Waals surface area (Å²) < 4.78 is 9.08. The molecular weight excluding hydrogens is 132 g/mol. The van der Waals surface area contributed by atoms with Crippen LogP contribution in [0.3, 0.4) is 0 Å². The molecule has 3 heteroatoms. The highest BCUT2D eigenvalue weighted by molar-refractivity contribution is 5.59. The molecule has 0 radical (unpaired) electrons. The van der Waals surface area contributed by atoms with Gasteiger partial charge in [-0.3, -0.25) is 0 Å². The summed E-state index contributed by atoms with van der Waals surface area (Å²) in [6.45, 7) is 3.89. The van der Waals surface area contributed by atoms with Gasteiger partial charge in [-0.1, -0.05) is 13.3 Å². The van der Waals surface area contributed by atoms with E-state index in [4.69, 9.17) is 4.74 Å². The molecule has 0 aromatic heterocycles. The molecule has 0 saturated heterocycles. The summed E-state index contributed by atoms with van der Waals surface area (Å²) in [7, 11) is 1.31. The van der Waals surface area contributed by atoms with Crippen molar-refractivity contribution >= 4 is 6.16 Å². The second kappa shape index (κ2) is 5.09. The molecule has 0 heterocycles. The normalized spacial score (nSPS) is 12.3. The Labute approximate surface area is 61.3 Å². The average molecular weight is 146 g/mol. The maximum atomic E-state index is 10.5. The lowest BCUT2D eigenvalue weighted by Gasteiger charge is -2.09. The number of hydrogen-bond donors (Lipinski definition) is 0. The molecule has 0 N–H and O–H groups in total. The highest BCUT2D eigenvalue weighted by atomic mass is 16.7. The molecule has 0 aliphatic carbocycles. The van der Waals surface area contributed by atoms with Crippen molar-refractivity contribution < 1.29 is 14.3 Å². The molecule has 0 fully saturated rings. The molecule has 1 unspecified atom stereocenters. The van der Waals surface area contributed by atoms with Gasteiger partial charge in [0.1, 0.15) is 6.10 Å². The molecule has 0 aliphatic rings. The number of methoxy groups -OCH3 is 1. The Morgan fingerprint density at radius 2 is 2.20 bits per heavy atom. The molecule has 1 atom stereocenters. The Kier molecular flexibility index (Phi) is 4.72. The van der Waals surface area contributed by atoms with Gasteiger partial charge in [-0.25, -0.2) is 4.79 Å². The van der Waals surface area contributed by atoms with Gasteiger partial charge in [0, 0.05) is 0 Å². The minimum Gasteiger partial charge on any atom is -0.438 e. The first-order valence-electron chi connectivity index (χ1n) is 3.45. The SMILES string of the molecule is CCCC(C)OC(=O)OC. The van der Waals surface area contributed by atoms with Crippen LogP contribution in [0.2, 0.25) is 0 Å². The number of hydrogen-bond acceptors (Lipinski definition) is 3. The summed E-state index contributed by atoms with van der Waals surface area (Å²) in [5.41, 5.74) is 0. The third kappa shape index (κ3) is 4.18. The lowest BCUT2D eigenvalue weighted by molar-refractivity contribution is 0.0404. The fourth-order valence-electron chi connectivity index (χ4n) is 0.678. The van der Waals surface area contributed by atoms with E-state index in [1.165, 1.54) is 7.11 Å². The molecular formula is C7H14O3. The molecule has 0 aliphatic heterocycles. The van der Waals surface area contributed by atoms with E-state index in [9.17, 15) is 4.79 Å². The van der Waals surface area contributed by atoms with Crippen LogP contribution in [0.15, 0.2) is 0 Å². The maximum absolute atomic E-state index is 10.5. The van der Waals surface area contributed by atoms with Gasteiger partial charge in [-0.15, -0.1) is 0 Å². The number of carbonyl (C=O) groups is 1. The van der Waals surface area contributed by atoms with Crippen LogP contribution in [-0.2, 0) is 9.47 Å². The Hall–Kier alpha value is -0.730. The highest BCUT2D eigenvalue weighted by Gasteiger charge is 2.06. The zero-order valence-corrected chi connectivity index (χ0v) is 6.72. The molecule has 3 nitrogen and oxygen atoms in total. The first kappa shape index (κ1) is 9.27.